The molecule has 0 bridgehead atoms. The third-order valence-corrected chi connectivity index (χ3v) is 5.67. The second kappa shape index (κ2) is 5.60. The second-order valence-corrected chi connectivity index (χ2v) is 6.93. The van der Waals surface area contributed by atoms with Gasteiger partial charge in [0, 0.05) is 4.90 Å². The van der Waals surface area contributed by atoms with E-state index in [0.29, 0.717) is 0 Å². The Balaban J connectivity index is 1.72. The van der Waals surface area contributed by atoms with Crippen molar-refractivity contribution >= 4 is 23.5 Å². The lowest BCUT2D eigenvalue weighted by molar-refractivity contribution is -0.121. The van der Waals surface area contributed by atoms with Gasteiger partial charge in [-0.2, -0.15) is 0 Å². The van der Waals surface area contributed by atoms with E-state index in [1.807, 2.05) is 18.2 Å². The number of thioether (sulfide) groups is 1. The summed E-state index contributed by atoms with van der Waals surface area (Å²) in [6.45, 7) is 0. The van der Waals surface area contributed by atoms with Gasteiger partial charge in [-0.05, 0) is 30.9 Å². The van der Waals surface area contributed by atoms with E-state index in [2.05, 4.69) is 16.5 Å². The van der Waals surface area contributed by atoms with E-state index in [1.54, 1.807) is 11.8 Å². The van der Waals surface area contributed by atoms with Gasteiger partial charge in [-0.25, -0.2) is 0 Å². The van der Waals surface area contributed by atoms with E-state index in [0.717, 1.165) is 32.1 Å². The van der Waals surface area contributed by atoms with E-state index < -0.39 is 5.54 Å². The molecule has 1 aliphatic carbocycles. The fourth-order valence-corrected chi connectivity index (χ4v) is 4.36. The van der Waals surface area contributed by atoms with Crippen LogP contribution in [0.3, 0.4) is 0 Å². The Labute approximate surface area is 128 Å². The summed E-state index contributed by atoms with van der Waals surface area (Å²) >= 11 is 1.59. The molecule has 2 aliphatic rings. The van der Waals surface area contributed by atoms with Crippen LogP contribution in [-0.2, 0) is 11.2 Å². The van der Waals surface area contributed by atoms with Crippen molar-refractivity contribution in [2.24, 2.45) is 10.9 Å². The van der Waals surface area contributed by atoms with E-state index in [1.165, 1.54) is 10.5 Å². The van der Waals surface area contributed by atoms with Crippen LogP contribution in [0.15, 0.2) is 34.3 Å². The van der Waals surface area contributed by atoms with Crippen molar-refractivity contribution in [3.05, 3.63) is 29.8 Å². The van der Waals surface area contributed by atoms with Crippen molar-refractivity contribution in [3.8, 4) is 0 Å². The minimum Gasteiger partial charge on any atom is -0.409 e. The zero-order chi connectivity index (χ0) is 14.9. The molecular formula is C15H19N3O2S. The molecule has 1 unspecified atom stereocenters. The lowest BCUT2D eigenvalue weighted by Crippen LogP contribution is -2.57. The number of nitrogens with two attached hydrogens (primary N) is 1. The fourth-order valence-electron chi connectivity index (χ4n) is 3.16. The summed E-state index contributed by atoms with van der Waals surface area (Å²) in [6.07, 6.45) is 4.17. The van der Waals surface area contributed by atoms with Crippen molar-refractivity contribution in [1.29, 1.82) is 0 Å². The average molecular weight is 305 g/mol. The van der Waals surface area contributed by atoms with E-state index in [-0.39, 0.29) is 17.0 Å². The molecule has 6 heteroatoms. The lowest BCUT2D eigenvalue weighted by atomic mass is 9.95. The van der Waals surface area contributed by atoms with Crippen LogP contribution >= 0.6 is 11.8 Å². The molecule has 5 nitrogen and oxygen atoms in total. The van der Waals surface area contributed by atoms with Crippen molar-refractivity contribution in [3.63, 3.8) is 0 Å². The number of rotatable bonds is 3. The minimum absolute atomic E-state index is 0.0234. The Bertz CT molecular complexity index is 557. The number of carbonyl (C=O) groups excluding carboxylic acids is 1. The van der Waals surface area contributed by atoms with Crippen molar-refractivity contribution in [2.75, 3.05) is 0 Å². The Morgan fingerprint density at radius 2 is 2.10 bits per heavy atom. The first kappa shape index (κ1) is 14.3. The first-order valence-electron chi connectivity index (χ1n) is 7.19. The van der Waals surface area contributed by atoms with E-state index in [4.69, 9.17) is 10.9 Å². The molecule has 1 aliphatic heterocycles. The molecule has 4 N–H and O–H groups in total. The Morgan fingerprint density at radius 3 is 2.76 bits per heavy atom. The van der Waals surface area contributed by atoms with Crippen LogP contribution in [-0.4, -0.2) is 27.7 Å². The first-order chi connectivity index (χ1) is 10.1. The lowest BCUT2D eigenvalue weighted by Gasteiger charge is -2.29. The van der Waals surface area contributed by atoms with Crippen LogP contribution in [0.4, 0.5) is 0 Å². The number of amides is 1. The highest BCUT2D eigenvalue weighted by molar-refractivity contribution is 8.01. The molecule has 1 atom stereocenters. The summed E-state index contributed by atoms with van der Waals surface area (Å²) in [6, 6.07) is 8.09. The average Bonchev–Trinajstić information content (AvgIpc) is 3.13. The van der Waals surface area contributed by atoms with Crippen LogP contribution in [0.2, 0.25) is 0 Å². The van der Waals surface area contributed by atoms with E-state index in [9.17, 15) is 4.79 Å². The zero-order valence-electron chi connectivity index (χ0n) is 11.7. The van der Waals surface area contributed by atoms with Gasteiger partial charge in [-0.15, -0.1) is 11.8 Å². The molecule has 0 saturated heterocycles. The summed E-state index contributed by atoms with van der Waals surface area (Å²) in [5.74, 6) is 0.0959. The maximum Gasteiger partial charge on any atom is 0.234 e. The number of carbonyl (C=O) groups is 1. The van der Waals surface area contributed by atoms with Crippen LogP contribution < -0.4 is 11.1 Å². The molecular weight excluding hydrogens is 286 g/mol. The van der Waals surface area contributed by atoms with Crippen LogP contribution in [0, 0.1) is 0 Å². The number of hydrogen-bond donors (Lipinski definition) is 3. The number of amidine groups is 1. The topological polar surface area (TPSA) is 87.7 Å². The molecule has 1 fully saturated rings. The third-order valence-electron chi connectivity index (χ3n) is 4.36. The highest BCUT2D eigenvalue weighted by Crippen LogP contribution is 2.38. The summed E-state index contributed by atoms with van der Waals surface area (Å²) in [5.41, 5.74) is 6.37. The SMILES string of the molecule is NC(=NO)C1(NC(=O)C2Cc3ccccc3S2)CCCC1. The highest BCUT2D eigenvalue weighted by Gasteiger charge is 2.41. The fraction of sp³-hybridized carbons (Fsp3) is 0.467. The highest BCUT2D eigenvalue weighted by atomic mass is 32.2. The maximum absolute atomic E-state index is 12.6. The predicted molar refractivity (Wildman–Crippen MR) is 82.5 cm³/mol. The molecule has 112 valence electrons. The Kier molecular flexibility index (Phi) is 3.80. The second-order valence-electron chi connectivity index (χ2n) is 5.68. The Hall–Kier alpha value is -1.69. The quantitative estimate of drug-likeness (QED) is 0.344. The van der Waals surface area contributed by atoms with Crippen molar-refractivity contribution < 1.29 is 10.0 Å². The standard InChI is InChI=1S/C15H19N3O2S/c16-14(18-20)15(7-3-4-8-15)17-13(19)12-9-10-5-1-2-6-11(10)21-12/h1-2,5-6,12,20H,3-4,7-9H2,(H2,16,18)(H,17,19). The summed E-state index contributed by atoms with van der Waals surface area (Å²) in [7, 11) is 0. The molecule has 1 heterocycles. The van der Waals surface area contributed by atoms with Crippen LogP contribution in [0.1, 0.15) is 31.2 Å². The molecule has 0 aromatic heterocycles. The zero-order valence-corrected chi connectivity index (χ0v) is 12.5. The summed E-state index contributed by atoms with van der Waals surface area (Å²) in [4.78, 5) is 13.7. The normalized spacial score (nSPS) is 23.8. The van der Waals surface area contributed by atoms with E-state index >= 15 is 0 Å². The van der Waals surface area contributed by atoms with Gasteiger partial charge in [0.15, 0.2) is 5.84 Å². The third kappa shape index (κ3) is 2.60. The predicted octanol–water partition coefficient (Wildman–Crippen LogP) is 1.88. The van der Waals surface area contributed by atoms with Gasteiger partial charge in [-0.3, -0.25) is 4.79 Å². The number of oxime groups is 1. The van der Waals surface area contributed by atoms with Gasteiger partial charge in [0.2, 0.25) is 5.91 Å². The number of nitrogens with one attached hydrogen (secondary N) is 1. The summed E-state index contributed by atoms with van der Waals surface area (Å²) in [5, 5.41) is 15.0. The monoisotopic (exact) mass is 305 g/mol. The minimum atomic E-state index is -0.666. The summed E-state index contributed by atoms with van der Waals surface area (Å²) < 4.78 is 0. The van der Waals surface area contributed by atoms with Crippen LogP contribution in [0.5, 0.6) is 0 Å². The largest absolute Gasteiger partial charge is 0.409 e. The van der Waals surface area contributed by atoms with Gasteiger partial charge in [0.1, 0.15) is 5.54 Å². The Morgan fingerprint density at radius 1 is 1.38 bits per heavy atom. The number of hydrogen-bond acceptors (Lipinski definition) is 4. The molecule has 0 spiro atoms. The van der Waals surface area contributed by atoms with Gasteiger partial charge in [0.05, 0.1) is 5.25 Å². The van der Waals surface area contributed by atoms with Crippen molar-refractivity contribution in [1.82, 2.24) is 5.32 Å². The molecule has 1 saturated carbocycles. The number of fused-ring (bicyclic) bond motifs is 1. The number of nitrogens with zero attached hydrogens (tertiary/aromatic N) is 1. The van der Waals surface area contributed by atoms with Gasteiger partial charge in [0.25, 0.3) is 0 Å². The smallest absolute Gasteiger partial charge is 0.234 e. The molecule has 1 aromatic rings. The van der Waals surface area contributed by atoms with Gasteiger partial charge < -0.3 is 16.3 Å². The molecule has 0 radical (unpaired) electrons. The molecule has 1 amide bonds. The first-order valence-corrected chi connectivity index (χ1v) is 8.07. The van der Waals surface area contributed by atoms with Gasteiger partial charge >= 0.3 is 0 Å². The molecule has 1 aromatic carbocycles. The van der Waals surface area contributed by atoms with Crippen molar-refractivity contribution in [2.45, 2.75) is 47.8 Å². The van der Waals surface area contributed by atoms with Gasteiger partial charge in [-0.1, -0.05) is 36.2 Å². The molecule has 3 rings (SSSR count). The number of benzene rings is 1. The van der Waals surface area contributed by atoms with Crippen LogP contribution in [0.25, 0.3) is 0 Å². The molecule has 21 heavy (non-hydrogen) atoms. The maximum atomic E-state index is 12.6.